The molecule has 2 N–H and O–H groups in total. The van der Waals surface area contributed by atoms with Gasteiger partial charge in [0.1, 0.15) is 15.9 Å². The van der Waals surface area contributed by atoms with Crippen molar-refractivity contribution in [1.82, 2.24) is 5.32 Å². The Bertz CT molecular complexity index is 303. The second kappa shape index (κ2) is 7.92. The Morgan fingerprint density at radius 2 is 2.12 bits per heavy atom. The number of hydrogen-bond acceptors (Lipinski definition) is 5. The van der Waals surface area contributed by atoms with Crippen LogP contribution in [0.2, 0.25) is 0 Å². The molecule has 0 aromatic rings. The van der Waals surface area contributed by atoms with Crippen LogP contribution in [0.15, 0.2) is 0 Å². The lowest BCUT2D eigenvalue weighted by atomic mass is 10.3. The number of hydrogen-bond donors (Lipinski definition) is 2. The molecule has 0 saturated heterocycles. The molecule has 0 spiro atoms. The predicted octanol–water partition coefficient (Wildman–Crippen LogP) is 0.217. The Kier molecular flexibility index (Phi) is 7.78. The van der Waals surface area contributed by atoms with Crippen LogP contribution >= 0.6 is 11.8 Å². The lowest BCUT2D eigenvalue weighted by molar-refractivity contribution is -0.138. The molecule has 7 heteroatoms. The highest BCUT2D eigenvalue weighted by Gasteiger charge is 2.16. The average molecular weight is 269 g/mol. The van der Waals surface area contributed by atoms with Crippen LogP contribution in [-0.4, -0.2) is 55.6 Å². The quantitative estimate of drug-likeness (QED) is 0.583. The van der Waals surface area contributed by atoms with Crippen LogP contribution in [0.3, 0.4) is 0 Å². The maximum absolute atomic E-state index is 10.8. The number of carboxylic acid groups (broad SMARTS) is 1. The second-order valence-electron chi connectivity index (χ2n) is 3.55. The third kappa shape index (κ3) is 8.99. The Labute approximate surface area is 101 Å². The normalized spacial score (nSPS) is 13.6. The van der Waals surface area contributed by atoms with Gasteiger partial charge < -0.3 is 10.4 Å². The minimum absolute atomic E-state index is 0.0950. The Morgan fingerprint density at radius 1 is 1.50 bits per heavy atom. The van der Waals surface area contributed by atoms with E-state index in [2.05, 4.69) is 5.32 Å². The second-order valence-corrected chi connectivity index (χ2v) is 6.96. The van der Waals surface area contributed by atoms with Gasteiger partial charge in [0.15, 0.2) is 0 Å². The molecule has 0 amide bonds. The van der Waals surface area contributed by atoms with E-state index in [0.29, 0.717) is 18.1 Å². The van der Waals surface area contributed by atoms with Crippen molar-refractivity contribution in [3.63, 3.8) is 0 Å². The minimum atomic E-state index is -2.95. The average Bonchev–Trinajstić information content (AvgIpc) is 2.14. The van der Waals surface area contributed by atoms with Gasteiger partial charge in [0, 0.05) is 17.8 Å². The van der Waals surface area contributed by atoms with Crippen LogP contribution in [-0.2, 0) is 14.6 Å². The molecule has 0 rings (SSSR count). The van der Waals surface area contributed by atoms with Gasteiger partial charge in [-0.3, -0.25) is 4.79 Å². The maximum Gasteiger partial charge on any atom is 0.321 e. The standard InChI is InChI=1S/C9H19NO4S2/c1-3-4-10-8(9(11)12)7-15-5-6-16(2,13)14/h8,10H,3-7H2,1-2H3,(H,11,12). The molecule has 0 aliphatic rings. The fourth-order valence-corrected chi connectivity index (χ4v) is 3.29. The highest BCUT2D eigenvalue weighted by atomic mass is 32.2. The number of sulfone groups is 1. The van der Waals surface area contributed by atoms with Crippen LogP contribution in [0.1, 0.15) is 13.3 Å². The van der Waals surface area contributed by atoms with Crippen molar-refractivity contribution in [2.75, 3.05) is 30.1 Å². The van der Waals surface area contributed by atoms with E-state index in [-0.39, 0.29) is 5.75 Å². The minimum Gasteiger partial charge on any atom is -0.480 e. The SMILES string of the molecule is CCCNC(CSCCS(C)(=O)=O)C(=O)O. The summed E-state index contributed by atoms with van der Waals surface area (Å²) in [5.74, 6) is 0.0410. The van der Waals surface area contributed by atoms with E-state index in [0.717, 1.165) is 6.42 Å². The fourth-order valence-electron chi connectivity index (χ4n) is 0.948. The Morgan fingerprint density at radius 3 is 2.56 bits per heavy atom. The van der Waals surface area contributed by atoms with Gasteiger partial charge in [-0.15, -0.1) is 0 Å². The van der Waals surface area contributed by atoms with E-state index in [1.165, 1.54) is 18.0 Å². The van der Waals surface area contributed by atoms with Gasteiger partial charge in [-0.2, -0.15) is 11.8 Å². The number of carboxylic acids is 1. The van der Waals surface area contributed by atoms with Gasteiger partial charge in [0.05, 0.1) is 5.75 Å². The molecule has 0 saturated carbocycles. The van der Waals surface area contributed by atoms with Crippen molar-refractivity contribution < 1.29 is 18.3 Å². The van der Waals surface area contributed by atoms with Gasteiger partial charge in [0.25, 0.3) is 0 Å². The zero-order valence-corrected chi connectivity index (χ0v) is 11.2. The molecule has 0 aliphatic heterocycles. The number of thioether (sulfide) groups is 1. The van der Waals surface area contributed by atoms with Crippen molar-refractivity contribution in [2.24, 2.45) is 0 Å². The molecule has 0 aromatic carbocycles. The topological polar surface area (TPSA) is 83.5 Å². The van der Waals surface area contributed by atoms with Crippen molar-refractivity contribution in [1.29, 1.82) is 0 Å². The summed E-state index contributed by atoms with van der Waals surface area (Å²) in [6.45, 7) is 2.62. The molecule has 0 fully saturated rings. The molecule has 0 heterocycles. The lowest BCUT2D eigenvalue weighted by Crippen LogP contribution is -2.39. The summed E-state index contributed by atoms with van der Waals surface area (Å²) in [7, 11) is -2.95. The smallest absolute Gasteiger partial charge is 0.321 e. The van der Waals surface area contributed by atoms with E-state index in [9.17, 15) is 13.2 Å². The highest BCUT2D eigenvalue weighted by molar-refractivity contribution is 8.00. The van der Waals surface area contributed by atoms with Gasteiger partial charge >= 0.3 is 5.97 Å². The van der Waals surface area contributed by atoms with Crippen LogP contribution in [0.4, 0.5) is 0 Å². The fraction of sp³-hybridized carbons (Fsp3) is 0.889. The Balaban J connectivity index is 3.81. The van der Waals surface area contributed by atoms with E-state index >= 15 is 0 Å². The van der Waals surface area contributed by atoms with Crippen molar-refractivity contribution in [2.45, 2.75) is 19.4 Å². The Hall–Kier alpha value is -0.270. The molecule has 1 unspecified atom stereocenters. The third-order valence-electron chi connectivity index (χ3n) is 1.82. The zero-order valence-electron chi connectivity index (χ0n) is 9.60. The summed E-state index contributed by atoms with van der Waals surface area (Å²) < 4.78 is 21.7. The summed E-state index contributed by atoms with van der Waals surface area (Å²) in [4.78, 5) is 10.8. The van der Waals surface area contributed by atoms with E-state index in [1.807, 2.05) is 6.92 Å². The highest BCUT2D eigenvalue weighted by Crippen LogP contribution is 2.04. The zero-order chi connectivity index (χ0) is 12.6. The van der Waals surface area contributed by atoms with Crippen LogP contribution < -0.4 is 5.32 Å². The molecular weight excluding hydrogens is 250 g/mol. The molecular formula is C9H19NO4S2. The monoisotopic (exact) mass is 269 g/mol. The number of aliphatic carboxylic acids is 1. The van der Waals surface area contributed by atoms with Crippen molar-refractivity contribution >= 4 is 27.6 Å². The first kappa shape index (κ1) is 15.7. The predicted molar refractivity (Wildman–Crippen MR) is 66.8 cm³/mol. The first-order valence-electron chi connectivity index (χ1n) is 5.08. The summed E-state index contributed by atoms with van der Waals surface area (Å²) in [6, 6.07) is -0.593. The van der Waals surface area contributed by atoms with Gasteiger partial charge in [-0.1, -0.05) is 6.92 Å². The lowest BCUT2D eigenvalue weighted by Gasteiger charge is -2.12. The third-order valence-corrected chi connectivity index (χ3v) is 4.09. The van der Waals surface area contributed by atoms with Gasteiger partial charge in [-0.05, 0) is 13.0 Å². The van der Waals surface area contributed by atoms with E-state index < -0.39 is 21.8 Å². The molecule has 1 atom stereocenters. The summed E-state index contributed by atoms with van der Waals surface area (Å²) in [5, 5.41) is 11.8. The van der Waals surface area contributed by atoms with Crippen LogP contribution in [0.5, 0.6) is 0 Å². The van der Waals surface area contributed by atoms with Gasteiger partial charge in [0.2, 0.25) is 0 Å². The van der Waals surface area contributed by atoms with Crippen LogP contribution in [0.25, 0.3) is 0 Å². The first-order chi connectivity index (χ1) is 7.37. The van der Waals surface area contributed by atoms with Crippen molar-refractivity contribution in [3.05, 3.63) is 0 Å². The van der Waals surface area contributed by atoms with Crippen molar-refractivity contribution in [3.8, 4) is 0 Å². The van der Waals surface area contributed by atoms with Crippen LogP contribution in [0, 0.1) is 0 Å². The molecule has 0 aromatic heterocycles. The van der Waals surface area contributed by atoms with E-state index in [4.69, 9.17) is 5.11 Å². The molecule has 16 heavy (non-hydrogen) atoms. The molecule has 0 aliphatic carbocycles. The largest absolute Gasteiger partial charge is 0.480 e. The summed E-state index contributed by atoms with van der Waals surface area (Å²) >= 11 is 1.34. The summed E-state index contributed by atoms with van der Waals surface area (Å²) in [6.07, 6.45) is 2.05. The maximum atomic E-state index is 10.8. The summed E-state index contributed by atoms with van der Waals surface area (Å²) in [5.41, 5.74) is 0. The number of rotatable bonds is 9. The molecule has 96 valence electrons. The number of nitrogens with one attached hydrogen (secondary N) is 1. The number of carbonyl (C=O) groups is 1. The molecule has 0 bridgehead atoms. The molecule has 5 nitrogen and oxygen atoms in total. The molecule has 0 radical (unpaired) electrons. The first-order valence-corrected chi connectivity index (χ1v) is 8.30. The van der Waals surface area contributed by atoms with Gasteiger partial charge in [-0.25, -0.2) is 8.42 Å². The van der Waals surface area contributed by atoms with E-state index in [1.54, 1.807) is 0 Å².